The molecular weight excluding hydrogens is 440 g/mol. The van der Waals surface area contributed by atoms with Crippen LogP contribution in [0.2, 0.25) is 0 Å². The van der Waals surface area contributed by atoms with Crippen LogP contribution in [0.15, 0.2) is 46.9 Å². The van der Waals surface area contributed by atoms with Gasteiger partial charge in [0, 0.05) is 6.08 Å². The van der Waals surface area contributed by atoms with E-state index in [1.165, 1.54) is 31.2 Å². The van der Waals surface area contributed by atoms with Gasteiger partial charge in [-0.2, -0.15) is 0 Å². The van der Waals surface area contributed by atoms with Gasteiger partial charge in [0.25, 0.3) is 5.91 Å². The molecule has 0 aliphatic rings. The lowest BCUT2D eigenvalue weighted by Crippen LogP contribution is -2.37. The van der Waals surface area contributed by atoms with Crippen LogP contribution in [-0.2, 0) is 14.3 Å². The summed E-state index contributed by atoms with van der Waals surface area (Å²) in [6.45, 7) is 3.24. The first-order chi connectivity index (χ1) is 11.8. The van der Waals surface area contributed by atoms with Crippen LogP contribution >= 0.6 is 22.6 Å². The van der Waals surface area contributed by atoms with Crippen molar-refractivity contribution in [2.75, 3.05) is 0 Å². The second-order valence-corrected chi connectivity index (χ2v) is 6.40. The average Bonchev–Trinajstić information content (AvgIpc) is 2.99. The summed E-state index contributed by atoms with van der Waals surface area (Å²) in [6.07, 6.45) is 1.70. The van der Waals surface area contributed by atoms with E-state index in [1.807, 2.05) is 22.6 Å². The molecule has 0 spiro atoms. The van der Waals surface area contributed by atoms with Gasteiger partial charge in [-0.3, -0.25) is 4.79 Å². The van der Waals surface area contributed by atoms with Crippen molar-refractivity contribution >= 4 is 40.5 Å². The fourth-order valence-corrected chi connectivity index (χ4v) is 2.43. The highest BCUT2D eigenvalue weighted by molar-refractivity contribution is 14.1. The van der Waals surface area contributed by atoms with Gasteiger partial charge in [-0.1, -0.05) is 12.1 Å². The van der Waals surface area contributed by atoms with Crippen molar-refractivity contribution in [1.82, 2.24) is 5.32 Å². The Kier molecular flexibility index (Phi) is 6.74. The van der Waals surface area contributed by atoms with Gasteiger partial charge in [0.15, 0.2) is 9.87 Å². The minimum Gasteiger partial charge on any atom is -0.451 e. The summed E-state index contributed by atoms with van der Waals surface area (Å²) in [5.74, 6) is -0.916. The van der Waals surface area contributed by atoms with Crippen LogP contribution in [0.1, 0.15) is 31.2 Å². The number of amides is 1. The fourth-order valence-electron chi connectivity index (χ4n) is 2.00. The lowest BCUT2D eigenvalue weighted by molar-refractivity contribution is -0.150. The number of carbonyl (C=O) groups excluding carboxylic acids is 2. The molecule has 2 atom stereocenters. The van der Waals surface area contributed by atoms with E-state index in [9.17, 15) is 14.0 Å². The Labute approximate surface area is 158 Å². The molecule has 2 rings (SSSR count). The van der Waals surface area contributed by atoms with E-state index in [1.54, 1.807) is 31.2 Å². The monoisotopic (exact) mass is 457 g/mol. The summed E-state index contributed by atoms with van der Waals surface area (Å²) in [6, 6.07) is 8.96. The lowest BCUT2D eigenvalue weighted by atomic mass is 10.1. The zero-order valence-electron chi connectivity index (χ0n) is 13.7. The normalized spacial score (nSPS) is 13.4. The number of hydrogen-bond donors (Lipinski definition) is 1. The molecule has 0 bridgehead atoms. The fraction of sp³-hybridized carbons (Fsp3) is 0.222. The summed E-state index contributed by atoms with van der Waals surface area (Å²) in [4.78, 5) is 23.9. The molecule has 1 aromatic carbocycles. The van der Waals surface area contributed by atoms with Crippen LogP contribution in [0, 0.1) is 9.58 Å². The van der Waals surface area contributed by atoms with Gasteiger partial charge in [-0.25, -0.2) is 9.18 Å². The molecule has 25 heavy (non-hydrogen) atoms. The van der Waals surface area contributed by atoms with E-state index in [0.29, 0.717) is 9.53 Å². The van der Waals surface area contributed by atoms with E-state index in [4.69, 9.17) is 9.15 Å². The van der Waals surface area contributed by atoms with Crippen LogP contribution in [0.5, 0.6) is 0 Å². The van der Waals surface area contributed by atoms with Crippen LogP contribution in [0.4, 0.5) is 4.39 Å². The van der Waals surface area contributed by atoms with Gasteiger partial charge in [-0.05, 0) is 72.3 Å². The first-order valence-corrected chi connectivity index (χ1v) is 8.63. The van der Waals surface area contributed by atoms with E-state index in [2.05, 4.69) is 5.32 Å². The van der Waals surface area contributed by atoms with Crippen LogP contribution in [0.3, 0.4) is 0 Å². The highest BCUT2D eigenvalue weighted by Crippen LogP contribution is 2.14. The average molecular weight is 457 g/mol. The molecule has 2 aromatic rings. The predicted octanol–water partition coefficient (Wildman–Crippen LogP) is 3.85. The van der Waals surface area contributed by atoms with Crippen molar-refractivity contribution in [3.8, 4) is 0 Å². The summed E-state index contributed by atoms with van der Waals surface area (Å²) in [5, 5.41) is 2.72. The van der Waals surface area contributed by atoms with Crippen molar-refractivity contribution in [3.63, 3.8) is 0 Å². The number of nitrogens with one attached hydrogen (secondary N) is 1. The minimum atomic E-state index is -0.961. The van der Waals surface area contributed by atoms with Crippen molar-refractivity contribution in [2.45, 2.75) is 26.0 Å². The number of rotatable bonds is 6. The Morgan fingerprint density at radius 2 is 1.88 bits per heavy atom. The largest absolute Gasteiger partial charge is 0.451 e. The van der Waals surface area contributed by atoms with Crippen molar-refractivity contribution in [2.24, 2.45) is 0 Å². The summed E-state index contributed by atoms with van der Waals surface area (Å²) in [5.41, 5.74) is 0.751. The minimum absolute atomic E-state index is 0.338. The number of ether oxygens (including phenoxy) is 1. The molecule has 1 amide bonds. The zero-order valence-corrected chi connectivity index (χ0v) is 15.8. The van der Waals surface area contributed by atoms with Crippen LogP contribution < -0.4 is 5.32 Å². The number of benzene rings is 1. The number of halogens is 2. The van der Waals surface area contributed by atoms with E-state index in [-0.39, 0.29) is 11.9 Å². The molecule has 1 aromatic heterocycles. The second-order valence-electron chi connectivity index (χ2n) is 5.34. The second kappa shape index (κ2) is 8.80. The van der Waals surface area contributed by atoms with Crippen LogP contribution in [-0.4, -0.2) is 18.0 Å². The van der Waals surface area contributed by atoms with E-state index >= 15 is 0 Å². The number of carbonyl (C=O) groups is 2. The Morgan fingerprint density at radius 1 is 1.20 bits per heavy atom. The topological polar surface area (TPSA) is 68.5 Å². The summed E-state index contributed by atoms with van der Waals surface area (Å²) >= 11 is 2.01. The van der Waals surface area contributed by atoms with Crippen molar-refractivity contribution in [3.05, 3.63) is 63.4 Å². The molecule has 1 heterocycles. The predicted molar refractivity (Wildman–Crippen MR) is 99.0 cm³/mol. The standard InChI is InChI=1S/C18H17FINO4/c1-11(13-3-5-14(19)6-4-13)21-18(23)12(2)24-17(22)10-8-15-7-9-16(20)25-15/h3-12H,1-2H3,(H,21,23)/b10-8+. The molecule has 5 nitrogen and oxygen atoms in total. The summed E-state index contributed by atoms with van der Waals surface area (Å²) in [7, 11) is 0. The highest BCUT2D eigenvalue weighted by atomic mass is 127. The van der Waals surface area contributed by atoms with Gasteiger partial charge >= 0.3 is 5.97 Å². The third kappa shape index (κ3) is 6.00. The summed E-state index contributed by atoms with van der Waals surface area (Å²) < 4.78 is 24.0. The molecule has 132 valence electrons. The van der Waals surface area contributed by atoms with Gasteiger partial charge in [-0.15, -0.1) is 0 Å². The molecule has 0 radical (unpaired) electrons. The Morgan fingerprint density at radius 3 is 2.48 bits per heavy atom. The molecule has 0 saturated carbocycles. The van der Waals surface area contributed by atoms with Crippen molar-refractivity contribution in [1.29, 1.82) is 0 Å². The van der Waals surface area contributed by atoms with E-state index in [0.717, 1.165) is 5.56 Å². The first kappa shape index (κ1) is 19.2. The molecule has 0 fully saturated rings. The Bertz CT molecular complexity index is 770. The van der Waals surface area contributed by atoms with Gasteiger partial charge in [0.2, 0.25) is 0 Å². The van der Waals surface area contributed by atoms with Gasteiger partial charge < -0.3 is 14.5 Å². The maximum Gasteiger partial charge on any atom is 0.331 e. The van der Waals surface area contributed by atoms with Gasteiger partial charge in [0.05, 0.1) is 6.04 Å². The number of esters is 1. The van der Waals surface area contributed by atoms with Crippen LogP contribution in [0.25, 0.3) is 6.08 Å². The molecule has 0 aliphatic heterocycles. The molecule has 2 unspecified atom stereocenters. The lowest BCUT2D eigenvalue weighted by Gasteiger charge is -2.17. The maximum absolute atomic E-state index is 12.9. The first-order valence-electron chi connectivity index (χ1n) is 7.55. The quantitative estimate of drug-likeness (QED) is 0.407. The Hall–Kier alpha value is -2.16. The molecule has 0 aliphatic carbocycles. The molecule has 0 saturated heterocycles. The van der Waals surface area contributed by atoms with Crippen molar-refractivity contribution < 1.29 is 23.1 Å². The SMILES string of the molecule is CC(OC(=O)/C=C/c1ccc(I)o1)C(=O)NC(C)c1ccc(F)cc1. The van der Waals surface area contributed by atoms with E-state index < -0.39 is 18.0 Å². The number of furan rings is 1. The van der Waals surface area contributed by atoms with Gasteiger partial charge in [0.1, 0.15) is 11.6 Å². The molecule has 7 heteroatoms. The highest BCUT2D eigenvalue weighted by Gasteiger charge is 2.19. The third-order valence-electron chi connectivity index (χ3n) is 3.37. The zero-order chi connectivity index (χ0) is 18.4. The smallest absolute Gasteiger partial charge is 0.331 e. The number of hydrogen-bond acceptors (Lipinski definition) is 4. The third-order valence-corrected chi connectivity index (χ3v) is 3.95. The molecule has 1 N–H and O–H groups in total. The Balaban J connectivity index is 1.85. The molecular formula is C18H17FINO4. The maximum atomic E-state index is 12.9.